The van der Waals surface area contributed by atoms with Gasteiger partial charge < -0.3 is 0 Å². The topological polar surface area (TPSA) is 80.3 Å². The molecule has 7 aromatic carbocycles. The van der Waals surface area contributed by atoms with Gasteiger partial charge in [-0.05, 0) is 42.5 Å². The first-order valence-electron chi connectivity index (χ1n) is 17.7. The van der Waals surface area contributed by atoms with Gasteiger partial charge >= 0.3 is 0 Å². The van der Waals surface area contributed by atoms with E-state index in [0.717, 1.165) is 65.9 Å². The lowest BCUT2D eigenvalue weighted by atomic mass is 9.95. The third kappa shape index (κ3) is 4.58. The summed E-state index contributed by atoms with van der Waals surface area (Å²) in [4.78, 5) is 21.1. The fourth-order valence-corrected chi connectivity index (χ4v) is 9.02. The molecule has 11 aromatic rings. The first kappa shape index (κ1) is 30.4. The highest BCUT2D eigenvalue weighted by molar-refractivity contribution is 7.26. The van der Waals surface area contributed by atoms with Crippen LogP contribution in [-0.4, -0.2) is 24.5 Å². The third-order valence-corrected chi connectivity index (χ3v) is 11.4. The molecule has 6 nitrogen and oxygen atoms in total. The van der Waals surface area contributed by atoms with E-state index in [4.69, 9.17) is 19.9 Å². The monoisotopic (exact) mass is 706 g/mol. The van der Waals surface area contributed by atoms with Gasteiger partial charge in [-0.15, -0.1) is 11.3 Å². The molecule has 54 heavy (non-hydrogen) atoms. The third-order valence-electron chi connectivity index (χ3n) is 10.3. The lowest BCUT2D eigenvalue weighted by Gasteiger charge is -2.15. The zero-order valence-electron chi connectivity index (χ0n) is 28.6. The standard InChI is InChI=1S/C47H26N6S/c48-27-28-12-10-15-30(26-28)45-50-46(52-47(51-45)53-37-21-7-4-16-31(37)32-17-5-8-22-38(32)53)36-20-11-19-34-41-35(43(49-44(34)36)29-13-2-1-3-14-29)24-25-40-42(41)33-18-6-9-23-39(33)54-40/h1-26H. The second-order valence-corrected chi connectivity index (χ2v) is 14.4. The number of hydrogen-bond acceptors (Lipinski definition) is 6. The Morgan fingerprint density at radius 2 is 1.15 bits per heavy atom. The van der Waals surface area contributed by atoms with Crippen LogP contribution >= 0.6 is 11.3 Å². The van der Waals surface area contributed by atoms with Crippen LogP contribution in [-0.2, 0) is 0 Å². The van der Waals surface area contributed by atoms with E-state index in [9.17, 15) is 5.26 Å². The highest BCUT2D eigenvalue weighted by Crippen LogP contribution is 2.44. The molecule has 250 valence electrons. The molecule has 0 fully saturated rings. The first-order valence-corrected chi connectivity index (χ1v) is 18.5. The normalized spacial score (nSPS) is 11.7. The molecule has 0 N–H and O–H groups in total. The Morgan fingerprint density at radius 1 is 0.481 bits per heavy atom. The van der Waals surface area contributed by atoms with Crippen molar-refractivity contribution in [3.63, 3.8) is 0 Å². The number of thiophene rings is 1. The van der Waals surface area contributed by atoms with Crippen LogP contribution in [0.3, 0.4) is 0 Å². The van der Waals surface area contributed by atoms with Crippen LogP contribution < -0.4 is 0 Å². The Hall–Kier alpha value is -7.27. The summed E-state index contributed by atoms with van der Waals surface area (Å²) in [5.74, 6) is 1.46. The molecule has 0 unspecified atom stereocenters. The molecular formula is C47H26N6S. The molecular weight excluding hydrogens is 681 g/mol. The number of hydrogen-bond donors (Lipinski definition) is 0. The molecule has 7 heteroatoms. The molecule has 0 saturated heterocycles. The zero-order valence-corrected chi connectivity index (χ0v) is 29.4. The lowest BCUT2D eigenvalue weighted by Crippen LogP contribution is -2.07. The Bertz CT molecular complexity index is 3300. The number of rotatable bonds is 4. The SMILES string of the molecule is N#Cc1cccc(-c2nc(-c3cccc4c3nc(-c3ccccc3)c3ccc5sc6ccccc6c5c34)nc(-n3c4ccccc4c4ccccc43)n2)c1. The second kappa shape index (κ2) is 11.9. The van der Waals surface area contributed by atoms with Crippen LogP contribution in [0.4, 0.5) is 0 Å². The number of para-hydroxylation sites is 3. The van der Waals surface area contributed by atoms with Crippen molar-refractivity contribution < 1.29 is 0 Å². The van der Waals surface area contributed by atoms with E-state index < -0.39 is 0 Å². The molecule has 0 radical (unpaired) electrons. The van der Waals surface area contributed by atoms with Crippen molar-refractivity contribution in [1.29, 1.82) is 5.26 Å². The van der Waals surface area contributed by atoms with Gasteiger partial charge in [-0.3, -0.25) is 4.57 Å². The van der Waals surface area contributed by atoms with Gasteiger partial charge in [-0.25, -0.2) is 9.97 Å². The van der Waals surface area contributed by atoms with Crippen LogP contribution in [0.5, 0.6) is 0 Å². The predicted molar refractivity (Wildman–Crippen MR) is 221 cm³/mol. The van der Waals surface area contributed by atoms with Gasteiger partial charge in [0, 0.05) is 63.8 Å². The van der Waals surface area contributed by atoms with Crippen molar-refractivity contribution in [1.82, 2.24) is 24.5 Å². The molecule has 0 atom stereocenters. The van der Waals surface area contributed by atoms with Crippen LogP contribution in [0.15, 0.2) is 158 Å². The van der Waals surface area contributed by atoms with E-state index in [0.29, 0.717) is 23.2 Å². The molecule has 0 spiro atoms. The molecule has 0 aliphatic heterocycles. The minimum atomic E-state index is 0.473. The predicted octanol–water partition coefficient (Wildman–Crippen LogP) is 11.9. The van der Waals surface area contributed by atoms with E-state index in [1.807, 2.05) is 47.7 Å². The number of aromatic nitrogens is 5. The van der Waals surface area contributed by atoms with Crippen LogP contribution in [0.1, 0.15) is 5.56 Å². The maximum absolute atomic E-state index is 9.82. The molecule has 0 bridgehead atoms. The summed E-state index contributed by atoms with van der Waals surface area (Å²) in [7, 11) is 0. The lowest BCUT2D eigenvalue weighted by molar-refractivity contribution is 0.954. The van der Waals surface area contributed by atoms with Crippen LogP contribution in [0.2, 0.25) is 0 Å². The maximum Gasteiger partial charge on any atom is 0.238 e. The van der Waals surface area contributed by atoms with E-state index in [1.165, 1.54) is 20.2 Å². The minimum Gasteiger partial charge on any atom is -0.278 e. The summed E-state index contributed by atoms with van der Waals surface area (Å²) in [5, 5.41) is 17.8. The Kier molecular flexibility index (Phi) is 6.68. The molecule has 4 heterocycles. The van der Waals surface area contributed by atoms with Crippen molar-refractivity contribution in [2.45, 2.75) is 0 Å². The summed E-state index contributed by atoms with van der Waals surface area (Å²) in [6.07, 6.45) is 0. The smallest absolute Gasteiger partial charge is 0.238 e. The van der Waals surface area contributed by atoms with Gasteiger partial charge in [-0.2, -0.15) is 15.2 Å². The van der Waals surface area contributed by atoms with Crippen molar-refractivity contribution in [3.05, 3.63) is 163 Å². The Balaban J connectivity index is 1.27. The number of nitrogens with zero attached hydrogens (tertiary/aromatic N) is 6. The first-order chi connectivity index (χ1) is 26.7. The number of nitriles is 1. The second-order valence-electron chi connectivity index (χ2n) is 13.3. The molecule has 0 saturated carbocycles. The molecule has 11 rings (SSSR count). The van der Waals surface area contributed by atoms with Gasteiger partial charge in [0.2, 0.25) is 5.95 Å². The van der Waals surface area contributed by atoms with Crippen molar-refractivity contribution in [2.75, 3.05) is 0 Å². The average Bonchev–Trinajstić information content (AvgIpc) is 3.79. The number of pyridine rings is 1. The Morgan fingerprint density at radius 3 is 1.94 bits per heavy atom. The number of benzene rings is 7. The zero-order chi connectivity index (χ0) is 35.8. The summed E-state index contributed by atoms with van der Waals surface area (Å²) in [6.45, 7) is 0. The maximum atomic E-state index is 9.82. The van der Waals surface area contributed by atoms with E-state index >= 15 is 0 Å². The van der Waals surface area contributed by atoms with Gasteiger partial charge in [0.05, 0.1) is 33.9 Å². The van der Waals surface area contributed by atoms with Gasteiger partial charge in [0.1, 0.15) is 0 Å². The summed E-state index contributed by atoms with van der Waals surface area (Å²) in [6, 6.07) is 56.1. The molecule has 0 aliphatic rings. The average molecular weight is 707 g/mol. The fourth-order valence-electron chi connectivity index (χ4n) is 7.91. The Labute approximate surface area is 312 Å². The fraction of sp³-hybridized carbons (Fsp3) is 0. The highest BCUT2D eigenvalue weighted by Gasteiger charge is 2.22. The summed E-state index contributed by atoms with van der Waals surface area (Å²) < 4.78 is 4.59. The van der Waals surface area contributed by atoms with Gasteiger partial charge in [-0.1, -0.05) is 115 Å². The number of fused-ring (bicyclic) bond motifs is 10. The van der Waals surface area contributed by atoms with E-state index in [-0.39, 0.29) is 0 Å². The van der Waals surface area contributed by atoms with Crippen molar-refractivity contribution >= 4 is 75.0 Å². The van der Waals surface area contributed by atoms with Gasteiger partial charge in [0.25, 0.3) is 0 Å². The minimum absolute atomic E-state index is 0.473. The van der Waals surface area contributed by atoms with Crippen LogP contribution in [0.25, 0.3) is 104 Å². The van der Waals surface area contributed by atoms with Crippen LogP contribution in [0, 0.1) is 11.3 Å². The summed E-state index contributed by atoms with van der Waals surface area (Å²) in [5.41, 5.74) is 6.80. The molecule has 0 aliphatic carbocycles. The summed E-state index contributed by atoms with van der Waals surface area (Å²) >= 11 is 1.81. The van der Waals surface area contributed by atoms with Crippen molar-refractivity contribution in [2.24, 2.45) is 0 Å². The van der Waals surface area contributed by atoms with E-state index in [2.05, 4.69) is 126 Å². The van der Waals surface area contributed by atoms with Crippen molar-refractivity contribution in [3.8, 4) is 46.1 Å². The molecule has 4 aromatic heterocycles. The quantitative estimate of drug-likeness (QED) is 0.170. The highest BCUT2D eigenvalue weighted by atomic mass is 32.1. The van der Waals surface area contributed by atoms with Gasteiger partial charge in [0.15, 0.2) is 11.6 Å². The largest absolute Gasteiger partial charge is 0.278 e. The van der Waals surface area contributed by atoms with E-state index in [1.54, 1.807) is 6.07 Å². The molecule has 0 amide bonds.